The zero-order valence-corrected chi connectivity index (χ0v) is 17.8. The number of aromatic nitrogens is 2. The third-order valence-electron chi connectivity index (χ3n) is 4.20. The van der Waals surface area contributed by atoms with Gasteiger partial charge in [-0.3, -0.25) is 0 Å². The fourth-order valence-electron chi connectivity index (χ4n) is 2.74. The van der Waals surface area contributed by atoms with E-state index in [1.807, 2.05) is 0 Å². The van der Waals surface area contributed by atoms with Gasteiger partial charge in [-0.2, -0.15) is 32.6 Å². The normalized spacial score (nSPS) is 14.5. The number of hydrogen-bond acceptors (Lipinski definition) is 8. The van der Waals surface area contributed by atoms with Crippen LogP contribution in [0.15, 0.2) is 58.8 Å². The van der Waals surface area contributed by atoms with E-state index in [1.54, 1.807) is 0 Å². The van der Waals surface area contributed by atoms with Crippen LogP contribution in [0.3, 0.4) is 0 Å². The lowest BCUT2D eigenvalue weighted by atomic mass is 10.2. The number of ether oxygens (including phenoxy) is 3. The molecule has 4 rings (SSSR count). The van der Waals surface area contributed by atoms with E-state index in [4.69, 9.17) is 11.6 Å². The van der Waals surface area contributed by atoms with Gasteiger partial charge in [-0.25, -0.2) is 0 Å². The molecule has 1 aliphatic heterocycles. The number of rotatable bonds is 8. The molecule has 0 amide bonds. The summed E-state index contributed by atoms with van der Waals surface area (Å²) in [5, 5.41) is 10.6. The van der Waals surface area contributed by atoms with Crippen molar-refractivity contribution in [3.05, 3.63) is 59.2 Å². The van der Waals surface area contributed by atoms with Crippen molar-refractivity contribution in [3.63, 3.8) is 0 Å². The van der Waals surface area contributed by atoms with Crippen LogP contribution in [0.25, 0.3) is 0 Å². The molecule has 2 aromatic carbocycles. The van der Waals surface area contributed by atoms with Crippen LogP contribution < -0.4 is 19.5 Å². The van der Waals surface area contributed by atoms with Crippen LogP contribution in [0, 0.1) is 0 Å². The lowest BCUT2D eigenvalue weighted by Crippen LogP contribution is -2.33. The van der Waals surface area contributed by atoms with Crippen LogP contribution in [0.2, 0.25) is 5.15 Å². The van der Waals surface area contributed by atoms with Gasteiger partial charge < -0.3 is 19.5 Å². The largest absolute Gasteiger partial charge is 0.586 e. The van der Waals surface area contributed by atoms with E-state index >= 15 is 0 Å². The summed E-state index contributed by atoms with van der Waals surface area (Å²) in [6.45, 7) is -0.0223. The van der Waals surface area contributed by atoms with Crippen molar-refractivity contribution in [1.82, 2.24) is 9.97 Å². The molecule has 15 heteroatoms. The van der Waals surface area contributed by atoms with Gasteiger partial charge in [0.2, 0.25) is 0 Å². The molecule has 35 heavy (non-hydrogen) atoms. The van der Waals surface area contributed by atoms with E-state index in [0.717, 1.165) is 12.1 Å². The summed E-state index contributed by atoms with van der Waals surface area (Å²) in [5.74, 6) is -0.683. The molecule has 0 atom stereocenters. The Hall–Kier alpha value is -3.81. The quantitative estimate of drug-likeness (QED) is 0.202. The van der Waals surface area contributed by atoms with Crippen LogP contribution in [-0.4, -0.2) is 28.8 Å². The predicted octanol–water partition coefficient (Wildman–Crippen LogP) is 6.72. The second-order valence-electron chi connectivity index (χ2n) is 6.84. The second-order valence-corrected chi connectivity index (χ2v) is 7.23. The van der Waals surface area contributed by atoms with Crippen LogP contribution in [0.1, 0.15) is 5.56 Å². The number of fused-ring (bicyclic) bond motifs is 1. The third-order valence-corrected chi connectivity index (χ3v) is 4.39. The van der Waals surface area contributed by atoms with Gasteiger partial charge in [0.1, 0.15) is 16.7 Å². The Morgan fingerprint density at radius 3 is 2.46 bits per heavy atom. The minimum atomic E-state index is -4.62. The lowest BCUT2D eigenvalue weighted by molar-refractivity contribution is -0.286. The number of halogens is 7. The van der Waals surface area contributed by atoms with Crippen LogP contribution >= 0.6 is 11.6 Å². The SMILES string of the molecule is FC(F)C(F)(F)Oc1ccc(Nc2cc(Cl)nc(N=NCc3ccc4c(c3)OC(F)(F)O4)n2)cc1. The monoisotopic (exact) mass is 519 g/mol. The highest BCUT2D eigenvalue weighted by molar-refractivity contribution is 6.29. The first-order valence-corrected chi connectivity index (χ1v) is 9.90. The minimum absolute atomic E-state index is 0.00158. The van der Waals surface area contributed by atoms with E-state index in [9.17, 15) is 26.3 Å². The summed E-state index contributed by atoms with van der Waals surface area (Å²) in [4.78, 5) is 7.97. The molecule has 0 unspecified atom stereocenters. The van der Waals surface area contributed by atoms with Gasteiger partial charge in [-0.05, 0) is 42.0 Å². The fraction of sp³-hybridized carbons (Fsp3) is 0.200. The molecule has 0 bridgehead atoms. The average Bonchev–Trinajstić information content (AvgIpc) is 3.07. The molecule has 0 radical (unpaired) electrons. The summed E-state index contributed by atoms with van der Waals surface area (Å²) in [7, 11) is 0. The van der Waals surface area contributed by atoms with Crippen molar-refractivity contribution in [2.24, 2.45) is 10.2 Å². The Labute approximate surface area is 197 Å². The van der Waals surface area contributed by atoms with E-state index in [0.29, 0.717) is 11.3 Å². The van der Waals surface area contributed by atoms with Crippen molar-refractivity contribution in [2.45, 2.75) is 25.4 Å². The number of azo groups is 1. The summed E-state index contributed by atoms with van der Waals surface area (Å²) in [5.41, 5.74) is 0.835. The maximum atomic E-state index is 13.1. The van der Waals surface area contributed by atoms with Crippen LogP contribution in [-0.2, 0) is 6.54 Å². The van der Waals surface area contributed by atoms with Gasteiger partial charge in [0.15, 0.2) is 11.5 Å². The molecule has 184 valence electrons. The first kappa shape index (κ1) is 24.3. The standard InChI is InChI=1S/C20H12ClF6N5O3/c21-15-8-16(29-11-2-4-12(5-3-11)33-19(24,25)17(22)23)31-18(30-15)32-28-9-10-1-6-13-14(7-10)35-20(26,27)34-13/h1-8,17H,9H2,(H,29,30,31). The molecular formula is C20H12ClF6N5O3. The molecule has 1 aromatic heterocycles. The highest BCUT2D eigenvalue weighted by Gasteiger charge is 2.44. The molecular weight excluding hydrogens is 508 g/mol. The van der Waals surface area contributed by atoms with Crippen molar-refractivity contribution in [2.75, 3.05) is 5.32 Å². The summed E-state index contributed by atoms with van der Waals surface area (Å²) in [6.07, 6.45) is -12.3. The zero-order chi connectivity index (χ0) is 25.2. The molecule has 0 aliphatic carbocycles. The van der Waals surface area contributed by atoms with E-state index < -0.39 is 24.6 Å². The van der Waals surface area contributed by atoms with Gasteiger partial charge in [0.25, 0.3) is 5.95 Å². The number of anilines is 2. The van der Waals surface area contributed by atoms with Crippen molar-refractivity contribution in [3.8, 4) is 17.2 Å². The summed E-state index contributed by atoms with van der Waals surface area (Å²) < 4.78 is 89.3. The molecule has 0 fully saturated rings. The average molecular weight is 520 g/mol. The van der Waals surface area contributed by atoms with E-state index in [1.165, 1.54) is 36.4 Å². The smallest absolute Gasteiger partial charge is 0.428 e. The molecule has 0 saturated carbocycles. The Kier molecular flexibility index (Phi) is 6.56. The Morgan fingerprint density at radius 2 is 1.74 bits per heavy atom. The van der Waals surface area contributed by atoms with Crippen molar-refractivity contribution in [1.29, 1.82) is 0 Å². The zero-order valence-electron chi connectivity index (χ0n) is 17.1. The Morgan fingerprint density at radius 1 is 1.03 bits per heavy atom. The van der Waals surface area contributed by atoms with Gasteiger partial charge in [-0.15, -0.1) is 13.9 Å². The van der Waals surface area contributed by atoms with Crippen LogP contribution in [0.4, 0.5) is 43.8 Å². The molecule has 0 saturated heterocycles. The van der Waals surface area contributed by atoms with Crippen molar-refractivity contribution < 1.29 is 40.6 Å². The van der Waals surface area contributed by atoms with Gasteiger partial charge in [0, 0.05) is 11.8 Å². The topological polar surface area (TPSA) is 90.2 Å². The molecule has 2 heterocycles. The fourth-order valence-corrected chi connectivity index (χ4v) is 2.92. The molecule has 0 spiro atoms. The van der Waals surface area contributed by atoms with Gasteiger partial charge in [-0.1, -0.05) is 17.7 Å². The van der Waals surface area contributed by atoms with E-state index in [-0.39, 0.29) is 35.0 Å². The summed E-state index contributed by atoms with van der Waals surface area (Å²) >= 11 is 5.96. The first-order chi connectivity index (χ1) is 16.5. The minimum Gasteiger partial charge on any atom is -0.428 e. The Balaban J connectivity index is 1.40. The number of nitrogens with one attached hydrogen (secondary N) is 1. The highest BCUT2D eigenvalue weighted by atomic mass is 35.5. The summed E-state index contributed by atoms with van der Waals surface area (Å²) in [6, 6.07) is 10.2. The van der Waals surface area contributed by atoms with Gasteiger partial charge >= 0.3 is 18.8 Å². The molecule has 3 aromatic rings. The number of alkyl halides is 6. The highest BCUT2D eigenvalue weighted by Crippen LogP contribution is 2.41. The second kappa shape index (κ2) is 9.44. The lowest BCUT2D eigenvalue weighted by Gasteiger charge is -2.17. The molecule has 1 aliphatic rings. The van der Waals surface area contributed by atoms with Gasteiger partial charge in [0.05, 0.1) is 6.54 Å². The number of benzene rings is 2. The number of nitrogens with zero attached hydrogens (tertiary/aromatic N) is 4. The molecule has 8 nitrogen and oxygen atoms in total. The third kappa shape index (κ3) is 6.20. The maximum Gasteiger partial charge on any atom is 0.586 e. The molecule has 1 N–H and O–H groups in total. The first-order valence-electron chi connectivity index (χ1n) is 9.52. The maximum absolute atomic E-state index is 13.1. The van der Waals surface area contributed by atoms with E-state index in [2.05, 4.69) is 39.7 Å². The van der Waals surface area contributed by atoms with Crippen LogP contribution in [0.5, 0.6) is 17.2 Å². The number of hydrogen-bond donors (Lipinski definition) is 1. The predicted molar refractivity (Wildman–Crippen MR) is 109 cm³/mol. The Bertz CT molecular complexity index is 1250. The van der Waals surface area contributed by atoms with Crippen molar-refractivity contribution >= 4 is 29.1 Å².